The van der Waals surface area contributed by atoms with Gasteiger partial charge in [-0.25, -0.2) is 12.8 Å². The molecular weight excluding hydrogens is 277 g/mol. The van der Waals surface area contributed by atoms with Crippen molar-refractivity contribution < 1.29 is 12.8 Å². The highest BCUT2D eigenvalue weighted by Gasteiger charge is 2.28. The molecule has 0 bridgehead atoms. The molecule has 1 aromatic carbocycles. The average molecular weight is 301 g/mol. The molecule has 20 heavy (non-hydrogen) atoms. The van der Waals surface area contributed by atoms with Crippen LogP contribution < -0.4 is 5.32 Å². The molecule has 1 unspecified atom stereocenters. The second kappa shape index (κ2) is 6.22. The predicted molar refractivity (Wildman–Crippen MR) is 81.1 cm³/mol. The number of halogens is 1. The van der Waals surface area contributed by atoms with Crippen molar-refractivity contribution in [2.45, 2.75) is 45.4 Å². The van der Waals surface area contributed by atoms with Crippen molar-refractivity contribution in [1.82, 2.24) is 5.32 Å². The molecule has 0 saturated heterocycles. The largest absolute Gasteiger partial charge is 0.309 e. The van der Waals surface area contributed by atoms with Crippen molar-refractivity contribution in [2.24, 2.45) is 0 Å². The van der Waals surface area contributed by atoms with Crippen molar-refractivity contribution in [3.63, 3.8) is 0 Å². The lowest BCUT2D eigenvalue weighted by molar-refractivity contribution is 0.544. The number of sulfone groups is 1. The topological polar surface area (TPSA) is 46.2 Å². The maximum atomic E-state index is 13.5. The van der Waals surface area contributed by atoms with E-state index in [1.807, 2.05) is 13.0 Å². The first-order valence-corrected chi connectivity index (χ1v) is 8.41. The van der Waals surface area contributed by atoms with Crippen molar-refractivity contribution >= 4 is 9.84 Å². The quantitative estimate of drug-likeness (QED) is 0.909. The molecule has 0 aromatic heterocycles. The Balaban J connectivity index is 2.60. The van der Waals surface area contributed by atoms with Crippen LogP contribution in [0.4, 0.5) is 4.39 Å². The van der Waals surface area contributed by atoms with Crippen LogP contribution in [-0.4, -0.2) is 25.5 Å². The van der Waals surface area contributed by atoms with Gasteiger partial charge < -0.3 is 5.32 Å². The Labute approximate surface area is 121 Å². The minimum atomic E-state index is -3.13. The summed E-state index contributed by atoms with van der Waals surface area (Å²) in [5, 5.41) is 3.13. The Morgan fingerprint density at radius 2 is 1.90 bits per heavy atom. The number of nitrogens with one attached hydrogen (secondary N) is 1. The summed E-state index contributed by atoms with van der Waals surface area (Å²) in [6.45, 7) is 9.06. The molecule has 0 heterocycles. The first kappa shape index (κ1) is 17.1. The monoisotopic (exact) mass is 301 g/mol. The number of aryl methyl sites for hydroxylation is 1. The van der Waals surface area contributed by atoms with Gasteiger partial charge in [-0.2, -0.15) is 0 Å². The standard InChI is InChI=1S/C15H24FNO2S/c1-11-6-7-13(10-14(11)16)12(2)17-8-9-20(18,19)15(3,4)5/h6-7,10,12,17H,8-9H2,1-5H3. The summed E-state index contributed by atoms with van der Waals surface area (Å²) < 4.78 is 36.7. The molecule has 5 heteroatoms. The highest BCUT2D eigenvalue weighted by atomic mass is 32.2. The molecule has 1 atom stereocenters. The molecule has 0 aliphatic carbocycles. The van der Waals surface area contributed by atoms with E-state index < -0.39 is 14.6 Å². The fourth-order valence-electron chi connectivity index (χ4n) is 1.71. The van der Waals surface area contributed by atoms with Gasteiger partial charge in [-0.15, -0.1) is 0 Å². The summed E-state index contributed by atoms with van der Waals surface area (Å²) in [4.78, 5) is 0. The van der Waals surface area contributed by atoms with Gasteiger partial charge in [-0.05, 0) is 51.8 Å². The normalized spacial score (nSPS) is 14.3. The zero-order valence-electron chi connectivity index (χ0n) is 12.8. The lowest BCUT2D eigenvalue weighted by Crippen LogP contribution is -2.35. The second-order valence-electron chi connectivity index (χ2n) is 6.12. The third kappa shape index (κ3) is 4.28. The fraction of sp³-hybridized carbons (Fsp3) is 0.600. The fourth-order valence-corrected chi connectivity index (χ4v) is 2.71. The summed E-state index contributed by atoms with van der Waals surface area (Å²) in [5.74, 6) is -0.159. The Hall–Kier alpha value is -0.940. The van der Waals surface area contributed by atoms with Gasteiger partial charge in [-0.3, -0.25) is 0 Å². The van der Waals surface area contributed by atoms with Gasteiger partial charge >= 0.3 is 0 Å². The Morgan fingerprint density at radius 1 is 1.30 bits per heavy atom. The third-order valence-corrected chi connectivity index (χ3v) is 6.06. The van der Waals surface area contributed by atoms with Crippen LogP contribution in [0.5, 0.6) is 0 Å². The van der Waals surface area contributed by atoms with Gasteiger partial charge in [0.1, 0.15) is 5.82 Å². The van der Waals surface area contributed by atoms with E-state index in [2.05, 4.69) is 5.32 Å². The Morgan fingerprint density at radius 3 is 2.40 bits per heavy atom. The molecule has 114 valence electrons. The average Bonchev–Trinajstić information content (AvgIpc) is 2.30. The Kier molecular flexibility index (Phi) is 5.33. The van der Waals surface area contributed by atoms with Crippen molar-refractivity contribution in [1.29, 1.82) is 0 Å². The zero-order valence-corrected chi connectivity index (χ0v) is 13.6. The van der Waals surface area contributed by atoms with E-state index in [9.17, 15) is 12.8 Å². The van der Waals surface area contributed by atoms with Crippen LogP contribution in [0, 0.1) is 12.7 Å². The summed E-state index contributed by atoms with van der Waals surface area (Å²) in [5.41, 5.74) is 1.43. The molecule has 0 spiro atoms. The summed E-state index contributed by atoms with van der Waals surface area (Å²) in [6.07, 6.45) is 0. The van der Waals surface area contributed by atoms with Crippen LogP contribution >= 0.6 is 0 Å². The van der Waals surface area contributed by atoms with Gasteiger partial charge in [-0.1, -0.05) is 12.1 Å². The van der Waals surface area contributed by atoms with E-state index in [0.29, 0.717) is 12.1 Å². The number of hydrogen-bond acceptors (Lipinski definition) is 3. The highest BCUT2D eigenvalue weighted by molar-refractivity contribution is 7.92. The first-order valence-electron chi connectivity index (χ1n) is 6.76. The van der Waals surface area contributed by atoms with Crippen LogP contribution in [0.3, 0.4) is 0 Å². The lowest BCUT2D eigenvalue weighted by atomic mass is 10.1. The van der Waals surface area contributed by atoms with Gasteiger partial charge in [0.25, 0.3) is 0 Å². The summed E-state index contributed by atoms with van der Waals surface area (Å²) >= 11 is 0. The highest BCUT2D eigenvalue weighted by Crippen LogP contribution is 2.18. The maximum Gasteiger partial charge on any atom is 0.156 e. The molecule has 0 fully saturated rings. The molecule has 0 amide bonds. The van der Waals surface area contributed by atoms with Gasteiger partial charge in [0.15, 0.2) is 9.84 Å². The van der Waals surface area contributed by atoms with E-state index in [0.717, 1.165) is 5.56 Å². The minimum Gasteiger partial charge on any atom is -0.309 e. The van der Waals surface area contributed by atoms with Crippen molar-refractivity contribution in [3.8, 4) is 0 Å². The van der Waals surface area contributed by atoms with Crippen LogP contribution in [0.1, 0.15) is 44.9 Å². The molecule has 0 radical (unpaired) electrons. The summed E-state index contributed by atoms with van der Waals surface area (Å²) in [7, 11) is -3.13. The molecule has 1 N–H and O–H groups in total. The van der Waals surface area contributed by atoms with Crippen LogP contribution in [-0.2, 0) is 9.84 Å². The summed E-state index contributed by atoms with van der Waals surface area (Å²) in [6, 6.07) is 4.99. The van der Waals surface area contributed by atoms with Crippen LogP contribution in [0.2, 0.25) is 0 Å². The molecule has 0 aliphatic heterocycles. The van der Waals surface area contributed by atoms with E-state index in [1.165, 1.54) is 6.07 Å². The van der Waals surface area contributed by atoms with Gasteiger partial charge in [0.2, 0.25) is 0 Å². The minimum absolute atomic E-state index is 0.0786. The second-order valence-corrected chi connectivity index (χ2v) is 8.98. The number of rotatable bonds is 5. The van der Waals surface area contributed by atoms with Crippen LogP contribution in [0.25, 0.3) is 0 Å². The smallest absolute Gasteiger partial charge is 0.156 e. The van der Waals surface area contributed by atoms with E-state index in [-0.39, 0.29) is 17.6 Å². The molecule has 0 saturated carbocycles. The van der Waals surface area contributed by atoms with Gasteiger partial charge in [0, 0.05) is 12.6 Å². The van der Waals surface area contributed by atoms with E-state index in [4.69, 9.17) is 0 Å². The van der Waals surface area contributed by atoms with E-state index >= 15 is 0 Å². The SMILES string of the molecule is Cc1ccc(C(C)NCCS(=O)(=O)C(C)(C)C)cc1F. The van der Waals surface area contributed by atoms with E-state index in [1.54, 1.807) is 33.8 Å². The maximum absolute atomic E-state index is 13.5. The Bertz CT molecular complexity index is 562. The molecular formula is C15H24FNO2S. The molecule has 3 nitrogen and oxygen atoms in total. The van der Waals surface area contributed by atoms with Crippen LogP contribution in [0.15, 0.2) is 18.2 Å². The van der Waals surface area contributed by atoms with Crippen molar-refractivity contribution in [3.05, 3.63) is 35.1 Å². The first-order chi connectivity index (χ1) is 9.04. The zero-order chi connectivity index (χ0) is 15.6. The lowest BCUT2D eigenvalue weighted by Gasteiger charge is -2.20. The molecule has 0 aliphatic rings. The van der Waals surface area contributed by atoms with Gasteiger partial charge in [0.05, 0.1) is 10.5 Å². The third-order valence-electron chi connectivity index (χ3n) is 3.45. The predicted octanol–water partition coefficient (Wildman–Crippen LogP) is 3.00. The number of hydrogen-bond donors (Lipinski definition) is 1. The van der Waals surface area contributed by atoms with Crippen molar-refractivity contribution in [2.75, 3.05) is 12.3 Å². The molecule has 1 aromatic rings. The molecule has 1 rings (SSSR count). The number of benzene rings is 1.